The number of pyridine rings is 1. The third-order valence-electron chi connectivity index (χ3n) is 4.09. The molecule has 1 aliphatic heterocycles. The van der Waals surface area contributed by atoms with Gasteiger partial charge in [0.2, 0.25) is 0 Å². The summed E-state index contributed by atoms with van der Waals surface area (Å²) in [5.74, 6) is 0.683. The van der Waals surface area contributed by atoms with Gasteiger partial charge in [0.15, 0.2) is 0 Å². The lowest BCUT2D eigenvalue weighted by molar-refractivity contribution is 0.0374. The molecule has 0 aliphatic carbocycles. The molecule has 0 radical (unpaired) electrons. The van der Waals surface area contributed by atoms with Gasteiger partial charge in [0.05, 0.1) is 24.6 Å². The minimum atomic E-state index is -0.120. The van der Waals surface area contributed by atoms with Crippen LogP contribution in [0.3, 0.4) is 0 Å². The summed E-state index contributed by atoms with van der Waals surface area (Å²) in [6, 6.07) is 8.93. The average Bonchev–Trinajstić information content (AvgIpc) is 2.64. The Hall–Kier alpha value is -2.92. The number of aromatic nitrogens is 3. The first-order valence-electron chi connectivity index (χ1n) is 8.16. The van der Waals surface area contributed by atoms with Crippen LogP contribution in [0.2, 0.25) is 0 Å². The van der Waals surface area contributed by atoms with E-state index >= 15 is 0 Å². The van der Waals surface area contributed by atoms with Crippen LogP contribution in [0.1, 0.15) is 12.1 Å². The van der Waals surface area contributed by atoms with Gasteiger partial charge in [-0.1, -0.05) is 6.07 Å². The lowest BCUT2D eigenvalue weighted by Gasteiger charge is -2.34. The van der Waals surface area contributed by atoms with Gasteiger partial charge in [0.25, 0.3) is 5.56 Å². The van der Waals surface area contributed by atoms with E-state index in [9.17, 15) is 4.79 Å². The van der Waals surface area contributed by atoms with Crippen molar-refractivity contribution in [3.8, 4) is 6.07 Å². The summed E-state index contributed by atoms with van der Waals surface area (Å²) in [6.07, 6.45) is 2.57. The zero-order valence-corrected chi connectivity index (χ0v) is 14.1. The molecule has 8 nitrogen and oxygen atoms in total. The zero-order chi connectivity index (χ0) is 17.6. The molecule has 0 amide bonds. The number of aryl methyl sites for hydroxylation is 1. The van der Waals surface area contributed by atoms with Crippen LogP contribution in [-0.2, 0) is 11.8 Å². The second-order valence-electron chi connectivity index (χ2n) is 5.85. The molecule has 1 unspecified atom stereocenters. The molecule has 1 fully saturated rings. The summed E-state index contributed by atoms with van der Waals surface area (Å²) in [6.45, 7) is 2.75. The van der Waals surface area contributed by atoms with Gasteiger partial charge < -0.3 is 15.0 Å². The highest BCUT2D eigenvalue weighted by atomic mass is 16.5. The maximum atomic E-state index is 11.7. The predicted octanol–water partition coefficient (Wildman–Crippen LogP) is 0.754. The molecule has 2 aromatic rings. The zero-order valence-electron chi connectivity index (χ0n) is 14.1. The van der Waals surface area contributed by atoms with Crippen molar-refractivity contribution in [2.75, 3.05) is 36.5 Å². The van der Waals surface area contributed by atoms with Gasteiger partial charge in [-0.3, -0.25) is 4.79 Å². The molecule has 8 heteroatoms. The van der Waals surface area contributed by atoms with Gasteiger partial charge in [0, 0.05) is 32.7 Å². The van der Waals surface area contributed by atoms with E-state index in [2.05, 4.69) is 20.3 Å². The smallest absolute Gasteiger partial charge is 0.268 e. The van der Waals surface area contributed by atoms with Crippen molar-refractivity contribution in [1.29, 1.82) is 5.26 Å². The molecular weight excluding hydrogens is 320 g/mol. The molecule has 1 N–H and O–H groups in total. The number of hydrogen-bond acceptors (Lipinski definition) is 7. The van der Waals surface area contributed by atoms with Crippen molar-refractivity contribution >= 4 is 11.5 Å². The number of hydrogen-bond donors (Lipinski definition) is 1. The topological polar surface area (TPSA) is 96.1 Å². The molecule has 3 heterocycles. The summed E-state index contributed by atoms with van der Waals surface area (Å²) < 4.78 is 7.12. The lowest BCUT2D eigenvalue weighted by Crippen LogP contribution is -2.43. The highest BCUT2D eigenvalue weighted by molar-refractivity contribution is 5.43. The molecule has 2 aromatic heterocycles. The molecule has 130 valence electrons. The van der Waals surface area contributed by atoms with Gasteiger partial charge >= 0.3 is 0 Å². The van der Waals surface area contributed by atoms with Gasteiger partial charge in [-0.25, -0.2) is 9.67 Å². The van der Waals surface area contributed by atoms with Crippen molar-refractivity contribution < 1.29 is 4.74 Å². The molecule has 0 spiro atoms. The van der Waals surface area contributed by atoms with E-state index in [1.54, 1.807) is 31.4 Å². The molecular formula is C17H20N6O2. The molecule has 1 saturated heterocycles. The van der Waals surface area contributed by atoms with Crippen molar-refractivity contribution in [2.24, 2.45) is 7.05 Å². The minimum Gasteiger partial charge on any atom is -0.374 e. The maximum absolute atomic E-state index is 11.7. The summed E-state index contributed by atoms with van der Waals surface area (Å²) in [7, 11) is 1.63. The SMILES string of the molecule is Cn1ncc(N2CCOC(CCNc3cccc(C#N)n3)C2)cc1=O. The summed E-state index contributed by atoms with van der Waals surface area (Å²) in [5, 5.41) is 16.2. The Morgan fingerprint density at radius 3 is 3.16 bits per heavy atom. The van der Waals surface area contributed by atoms with E-state index < -0.39 is 0 Å². The molecule has 3 rings (SSSR count). The number of nitrogens with one attached hydrogen (secondary N) is 1. The monoisotopic (exact) mass is 340 g/mol. The van der Waals surface area contributed by atoms with Crippen LogP contribution in [0, 0.1) is 11.3 Å². The Labute approximate surface area is 145 Å². The third-order valence-corrected chi connectivity index (χ3v) is 4.09. The largest absolute Gasteiger partial charge is 0.374 e. The molecule has 25 heavy (non-hydrogen) atoms. The van der Waals surface area contributed by atoms with Crippen molar-refractivity contribution in [1.82, 2.24) is 14.8 Å². The molecule has 1 aliphatic rings. The molecule has 1 atom stereocenters. The number of morpholine rings is 1. The highest BCUT2D eigenvalue weighted by Crippen LogP contribution is 2.16. The minimum absolute atomic E-state index is 0.0597. The van der Waals surface area contributed by atoms with Gasteiger partial charge in [0.1, 0.15) is 17.6 Å². The molecule has 0 aromatic carbocycles. The first-order chi connectivity index (χ1) is 12.2. The van der Waals surface area contributed by atoms with Crippen LogP contribution in [0.5, 0.6) is 0 Å². The fourth-order valence-corrected chi connectivity index (χ4v) is 2.72. The normalized spacial score (nSPS) is 17.1. The van der Waals surface area contributed by atoms with E-state index in [1.807, 2.05) is 12.1 Å². The van der Waals surface area contributed by atoms with Gasteiger partial charge in [-0.15, -0.1) is 0 Å². The summed E-state index contributed by atoms with van der Waals surface area (Å²) in [5.41, 5.74) is 1.10. The van der Waals surface area contributed by atoms with Crippen LogP contribution in [0.4, 0.5) is 11.5 Å². The average molecular weight is 340 g/mol. The standard InChI is InChI=1S/C17H20N6O2/c1-22-17(24)9-14(11-20-22)23-7-8-25-15(12-23)5-6-19-16-4-2-3-13(10-18)21-16/h2-4,9,11,15H,5-8,12H2,1H3,(H,19,21). The Bertz CT molecular complexity index is 828. The Morgan fingerprint density at radius 2 is 2.36 bits per heavy atom. The van der Waals surface area contributed by atoms with Gasteiger partial charge in [-0.2, -0.15) is 10.4 Å². The van der Waals surface area contributed by atoms with Crippen molar-refractivity contribution in [2.45, 2.75) is 12.5 Å². The van der Waals surface area contributed by atoms with Crippen LogP contribution in [-0.4, -0.2) is 47.1 Å². The van der Waals surface area contributed by atoms with Gasteiger partial charge in [-0.05, 0) is 18.6 Å². The maximum Gasteiger partial charge on any atom is 0.268 e. The van der Waals surface area contributed by atoms with E-state index in [0.717, 1.165) is 18.7 Å². The van der Waals surface area contributed by atoms with E-state index in [4.69, 9.17) is 10.00 Å². The van der Waals surface area contributed by atoms with Crippen molar-refractivity contribution in [3.05, 3.63) is 46.5 Å². The Kier molecular flexibility index (Phi) is 5.26. The fourth-order valence-electron chi connectivity index (χ4n) is 2.72. The second kappa shape index (κ2) is 7.77. The van der Waals surface area contributed by atoms with E-state index in [1.165, 1.54) is 4.68 Å². The Morgan fingerprint density at radius 1 is 1.48 bits per heavy atom. The molecule has 0 bridgehead atoms. The number of nitrogens with zero attached hydrogens (tertiary/aromatic N) is 5. The first kappa shape index (κ1) is 16.9. The van der Waals surface area contributed by atoms with E-state index in [-0.39, 0.29) is 11.7 Å². The number of anilines is 2. The van der Waals surface area contributed by atoms with Crippen LogP contribution in [0.25, 0.3) is 0 Å². The molecule has 0 saturated carbocycles. The predicted molar refractivity (Wildman–Crippen MR) is 93.5 cm³/mol. The van der Waals surface area contributed by atoms with E-state index in [0.29, 0.717) is 31.2 Å². The Balaban J connectivity index is 1.54. The fraction of sp³-hybridized carbons (Fsp3) is 0.412. The summed E-state index contributed by atoms with van der Waals surface area (Å²) >= 11 is 0. The number of rotatable bonds is 5. The summed E-state index contributed by atoms with van der Waals surface area (Å²) in [4.78, 5) is 18.1. The second-order valence-corrected chi connectivity index (χ2v) is 5.85. The lowest BCUT2D eigenvalue weighted by atomic mass is 10.2. The third kappa shape index (κ3) is 4.33. The van der Waals surface area contributed by atoms with Crippen LogP contribution in [0.15, 0.2) is 35.3 Å². The quantitative estimate of drug-likeness (QED) is 0.858. The van der Waals surface area contributed by atoms with Crippen molar-refractivity contribution in [3.63, 3.8) is 0 Å². The van der Waals surface area contributed by atoms with Crippen LogP contribution < -0.4 is 15.8 Å². The number of ether oxygens (including phenoxy) is 1. The first-order valence-corrected chi connectivity index (χ1v) is 8.16. The van der Waals surface area contributed by atoms with Crippen LogP contribution >= 0.6 is 0 Å². The number of nitriles is 1. The highest BCUT2D eigenvalue weighted by Gasteiger charge is 2.21.